The lowest BCUT2D eigenvalue weighted by atomic mass is 10.0. The highest BCUT2D eigenvalue weighted by Crippen LogP contribution is 2.20. The maximum atomic E-state index is 12.7. The van der Waals surface area contributed by atoms with E-state index in [4.69, 9.17) is 4.74 Å². The predicted octanol–water partition coefficient (Wildman–Crippen LogP) is 3.38. The molecule has 0 bridgehead atoms. The standard InChI is InChI=1S/C20H19NO3/c1-15(12-16-8-4-2-5-9-16)19(22)21-18(14-24-20(21)23)13-17-10-6-3-7-11-17/h2-11,18H,1,12-14H2/t18-/m0/s1. The van der Waals surface area contributed by atoms with Crippen molar-refractivity contribution in [2.24, 2.45) is 0 Å². The fourth-order valence-electron chi connectivity index (χ4n) is 2.83. The van der Waals surface area contributed by atoms with Gasteiger partial charge in [0.25, 0.3) is 5.91 Å². The summed E-state index contributed by atoms with van der Waals surface area (Å²) in [4.78, 5) is 25.9. The second-order valence-corrected chi connectivity index (χ2v) is 5.86. The Morgan fingerprint density at radius 1 is 1.04 bits per heavy atom. The largest absolute Gasteiger partial charge is 0.447 e. The fourth-order valence-corrected chi connectivity index (χ4v) is 2.83. The van der Waals surface area contributed by atoms with Crippen molar-refractivity contribution in [2.75, 3.05) is 6.61 Å². The van der Waals surface area contributed by atoms with Crippen LogP contribution < -0.4 is 0 Å². The maximum Gasteiger partial charge on any atom is 0.417 e. The van der Waals surface area contributed by atoms with Gasteiger partial charge in [0, 0.05) is 12.0 Å². The van der Waals surface area contributed by atoms with E-state index in [-0.39, 0.29) is 18.6 Å². The molecule has 0 N–H and O–H groups in total. The van der Waals surface area contributed by atoms with E-state index in [9.17, 15) is 9.59 Å². The van der Waals surface area contributed by atoms with Gasteiger partial charge in [0.05, 0.1) is 6.04 Å². The number of hydrogen-bond donors (Lipinski definition) is 0. The molecule has 24 heavy (non-hydrogen) atoms. The molecule has 122 valence electrons. The molecule has 1 atom stereocenters. The van der Waals surface area contributed by atoms with E-state index in [1.54, 1.807) is 0 Å². The molecule has 1 aliphatic heterocycles. The van der Waals surface area contributed by atoms with Gasteiger partial charge >= 0.3 is 6.09 Å². The van der Waals surface area contributed by atoms with Gasteiger partial charge in [-0.3, -0.25) is 4.79 Å². The molecule has 0 aliphatic carbocycles. The normalized spacial score (nSPS) is 16.8. The highest BCUT2D eigenvalue weighted by Gasteiger charge is 2.38. The summed E-state index contributed by atoms with van der Waals surface area (Å²) in [5.41, 5.74) is 2.44. The van der Waals surface area contributed by atoms with Crippen LogP contribution in [0.3, 0.4) is 0 Å². The van der Waals surface area contributed by atoms with Crippen molar-refractivity contribution in [3.63, 3.8) is 0 Å². The first-order chi connectivity index (χ1) is 11.6. The van der Waals surface area contributed by atoms with Crippen molar-refractivity contribution in [1.29, 1.82) is 0 Å². The van der Waals surface area contributed by atoms with E-state index in [1.807, 2.05) is 60.7 Å². The van der Waals surface area contributed by atoms with E-state index < -0.39 is 6.09 Å². The third kappa shape index (κ3) is 3.54. The molecule has 0 radical (unpaired) electrons. The number of rotatable bonds is 5. The van der Waals surface area contributed by atoms with Gasteiger partial charge in [-0.1, -0.05) is 67.2 Å². The molecule has 0 saturated carbocycles. The average Bonchev–Trinajstić information content (AvgIpc) is 2.96. The van der Waals surface area contributed by atoms with Crippen LogP contribution in [0.15, 0.2) is 72.8 Å². The van der Waals surface area contributed by atoms with Crippen LogP contribution in [0.4, 0.5) is 4.79 Å². The van der Waals surface area contributed by atoms with E-state index in [1.165, 1.54) is 4.90 Å². The Labute approximate surface area is 141 Å². The minimum atomic E-state index is -0.588. The summed E-state index contributed by atoms with van der Waals surface area (Å²) in [6.07, 6.45) is 0.411. The van der Waals surface area contributed by atoms with Crippen LogP contribution in [0.25, 0.3) is 0 Å². The first kappa shape index (κ1) is 16.0. The first-order valence-corrected chi connectivity index (χ1v) is 7.91. The molecule has 1 heterocycles. The molecule has 0 spiro atoms. The number of cyclic esters (lactones) is 1. The number of carbonyl (C=O) groups is 2. The first-order valence-electron chi connectivity index (χ1n) is 7.91. The predicted molar refractivity (Wildman–Crippen MR) is 91.4 cm³/mol. The van der Waals surface area contributed by atoms with Gasteiger partial charge in [-0.25, -0.2) is 9.69 Å². The number of amides is 2. The molecule has 0 unspecified atom stereocenters. The number of hydrogen-bond acceptors (Lipinski definition) is 3. The van der Waals surface area contributed by atoms with Crippen LogP contribution >= 0.6 is 0 Å². The van der Waals surface area contributed by atoms with Crippen molar-refractivity contribution in [1.82, 2.24) is 4.90 Å². The number of imide groups is 1. The van der Waals surface area contributed by atoms with Crippen molar-refractivity contribution >= 4 is 12.0 Å². The topological polar surface area (TPSA) is 46.6 Å². The van der Waals surface area contributed by atoms with Crippen molar-refractivity contribution in [3.8, 4) is 0 Å². The SMILES string of the molecule is C=C(Cc1ccccc1)C(=O)N1C(=O)OC[C@@H]1Cc1ccccc1. The molecule has 1 saturated heterocycles. The Morgan fingerprint density at radius 2 is 1.62 bits per heavy atom. The molecular formula is C20H19NO3. The summed E-state index contributed by atoms with van der Waals surface area (Å²) in [6.45, 7) is 4.09. The van der Waals surface area contributed by atoms with Gasteiger partial charge in [0.15, 0.2) is 0 Å². The number of nitrogens with zero attached hydrogens (tertiary/aromatic N) is 1. The Hall–Kier alpha value is -2.88. The zero-order valence-corrected chi connectivity index (χ0v) is 13.4. The lowest BCUT2D eigenvalue weighted by molar-refractivity contribution is -0.125. The van der Waals surface area contributed by atoms with Crippen molar-refractivity contribution < 1.29 is 14.3 Å². The lowest BCUT2D eigenvalue weighted by Gasteiger charge is -2.20. The van der Waals surface area contributed by atoms with Gasteiger partial charge in [0.2, 0.25) is 0 Å². The molecule has 2 amide bonds. The quantitative estimate of drug-likeness (QED) is 0.793. The highest BCUT2D eigenvalue weighted by atomic mass is 16.6. The minimum absolute atomic E-state index is 0.220. The van der Waals surface area contributed by atoms with Crippen LogP contribution in [0.2, 0.25) is 0 Å². The zero-order valence-electron chi connectivity index (χ0n) is 13.4. The second-order valence-electron chi connectivity index (χ2n) is 5.86. The number of benzene rings is 2. The van der Waals surface area contributed by atoms with E-state index in [0.29, 0.717) is 18.4 Å². The Bertz CT molecular complexity index is 740. The zero-order chi connectivity index (χ0) is 16.9. The van der Waals surface area contributed by atoms with Crippen LogP contribution in [-0.4, -0.2) is 29.5 Å². The molecule has 2 aromatic carbocycles. The lowest BCUT2D eigenvalue weighted by Crippen LogP contribution is -2.41. The van der Waals surface area contributed by atoms with Crippen molar-refractivity contribution in [3.05, 3.63) is 83.9 Å². The summed E-state index contributed by atoms with van der Waals surface area (Å²) in [5, 5.41) is 0. The summed E-state index contributed by atoms with van der Waals surface area (Å²) in [7, 11) is 0. The van der Waals surface area contributed by atoms with Gasteiger partial charge < -0.3 is 4.74 Å². The average molecular weight is 321 g/mol. The Balaban J connectivity index is 1.71. The molecule has 4 nitrogen and oxygen atoms in total. The van der Waals surface area contributed by atoms with Gasteiger partial charge in [0.1, 0.15) is 6.61 Å². The summed E-state index contributed by atoms with van der Waals surface area (Å²) < 4.78 is 5.10. The second kappa shape index (κ2) is 7.13. The summed E-state index contributed by atoms with van der Waals surface area (Å²) in [5.74, 6) is -0.359. The van der Waals surface area contributed by atoms with Crippen LogP contribution in [-0.2, 0) is 22.4 Å². The minimum Gasteiger partial charge on any atom is -0.447 e. The highest BCUT2D eigenvalue weighted by molar-refractivity contribution is 6.03. The third-order valence-corrected chi connectivity index (χ3v) is 4.06. The third-order valence-electron chi connectivity index (χ3n) is 4.06. The molecule has 3 rings (SSSR count). The summed E-state index contributed by atoms with van der Waals surface area (Å²) >= 11 is 0. The maximum absolute atomic E-state index is 12.7. The molecule has 0 aromatic heterocycles. The molecule has 4 heteroatoms. The number of ether oxygens (including phenoxy) is 1. The molecular weight excluding hydrogens is 302 g/mol. The summed E-state index contributed by atoms with van der Waals surface area (Å²) in [6, 6.07) is 19.1. The molecule has 2 aromatic rings. The van der Waals surface area contributed by atoms with Crippen LogP contribution in [0.5, 0.6) is 0 Å². The smallest absolute Gasteiger partial charge is 0.417 e. The molecule has 1 aliphatic rings. The number of carbonyl (C=O) groups excluding carboxylic acids is 2. The Kier molecular flexibility index (Phi) is 4.75. The van der Waals surface area contributed by atoms with E-state index >= 15 is 0 Å². The van der Waals surface area contributed by atoms with Crippen molar-refractivity contribution in [2.45, 2.75) is 18.9 Å². The molecule has 1 fully saturated rings. The van der Waals surface area contributed by atoms with E-state index in [0.717, 1.165) is 11.1 Å². The fraction of sp³-hybridized carbons (Fsp3) is 0.200. The van der Waals surface area contributed by atoms with Crippen LogP contribution in [0, 0.1) is 0 Å². The van der Waals surface area contributed by atoms with Gasteiger partial charge in [-0.05, 0) is 17.5 Å². The van der Waals surface area contributed by atoms with Gasteiger partial charge in [-0.2, -0.15) is 0 Å². The van der Waals surface area contributed by atoms with Gasteiger partial charge in [-0.15, -0.1) is 0 Å². The van der Waals surface area contributed by atoms with E-state index in [2.05, 4.69) is 6.58 Å². The monoisotopic (exact) mass is 321 g/mol. The van der Waals surface area contributed by atoms with Crippen LogP contribution in [0.1, 0.15) is 11.1 Å². The Morgan fingerprint density at radius 3 is 2.25 bits per heavy atom.